The molecule has 2 N–H and O–H groups in total. The Kier molecular flexibility index (Phi) is 5.49. The van der Waals surface area contributed by atoms with Crippen molar-refractivity contribution < 1.29 is 33.1 Å². The molecule has 1 aromatic carbocycles. The van der Waals surface area contributed by atoms with Crippen LogP contribution in [0, 0.1) is 0 Å². The summed E-state index contributed by atoms with van der Waals surface area (Å²) in [6.45, 7) is 2.21. The lowest BCUT2D eigenvalue weighted by Crippen LogP contribution is -2.33. The minimum Gasteiger partial charge on any atom is -0.508 e. The van der Waals surface area contributed by atoms with Crippen molar-refractivity contribution in [2.45, 2.75) is 32.2 Å². The third kappa shape index (κ3) is 4.50. The van der Waals surface area contributed by atoms with Gasteiger partial charge in [-0.05, 0) is 36.8 Å². The second-order valence-electron chi connectivity index (χ2n) is 6.54. The van der Waals surface area contributed by atoms with Gasteiger partial charge in [0.05, 0.1) is 17.7 Å². The van der Waals surface area contributed by atoms with Gasteiger partial charge in [0, 0.05) is 37.0 Å². The number of hydrogen-bond acceptors (Lipinski definition) is 5. The molecule has 0 aliphatic carbocycles. The van der Waals surface area contributed by atoms with Crippen LogP contribution in [0.15, 0.2) is 47.2 Å². The van der Waals surface area contributed by atoms with Gasteiger partial charge in [-0.1, -0.05) is 5.16 Å². The summed E-state index contributed by atoms with van der Waals surface area (Å²) in [4.78, 5) is 23.5. The SMILES string of the molecule is CCn1cc(CC(=O)C(F)(F)Cc2cc(-c3ccc(O)cc3)on2)c(C(=O)O)c1. The largest absolute Gasteiger partial charge is 0.508 e. The topological polar surface area (TPSA) is 106 Å². The van der Waals surface area contributed by atoms with Gasteiger partial charge >= 0.3 is 11.9 Å². The quantitative estimate of drug-likeness (QED) is 0.595. The lowest BCUT2D eigenvalue weighted by atomic mass is 10.0. The first kappa shape index (κ1) is 20.2. The number of carbonyl (C=O) groups excluding carboxylic acids is 1. The molecule has 0 saturated carbocycles. The molecule has 2 heterocycles. The van der Waals surface area contributed by atoms with E-state index in [1.165, 1.54) is 47.3 Å². The van der Waals surface area contributed by atoms with E-state index in [9.17, 15) is 28.6 Å². The first-order chi connectivity index (χ1) is 13.7. The zero-order valence-electron chi connectivity index (χ0n) is 15.4. The fourth-order valence-electron chi connectivity index (χ4n) is 2.86. The Morgan fingerprint density at radius 2 is 1.90 bits per heavy atom. The van der Waals surface area contributed by atoms with Crippen LogP contribution in [0.2, 0.25) is 0 Å². The minimum atomic E-state index is -3.74. The number of aryl methyl sites for hydroxylation is 1. The molecule has 3 rings (SSSR count). The van der Waals surface area contributed by atoms with E-state index in [1.54, 1.807) is 6.92 Å². The van der Waals surface area contributed by atoms with Crippen molar-refractivity contribution in [3.63, 3.8) is 0 Å². The van der Waals surface area contributed by atoms with Gasteiger partial charge in [-0.15, -0.1) is 0 Å². The van der Waals surface area contributed by atoms with E-state index in [0.29, 0.717) is 12.1 Å². The van der Waals surface area contributed by atoms with Gasteiger partial charge in [0.2, 0.25) is 5.78 Å². The van der Waals surface area contributed by atoms with E-state index in [0.717, 1.165) is 0 Å². The Bertz CT molecular complexity index is 1040. The van der Waals surface area contributed by atoms with Gasteiger partial charge < -0.3 is 19.3 Å². The molecule has 7 nitrogen and oxygen atoms in total. The van der Waals surface area contributed by atoms with Crippen LogP contribution >= 0.6 is 0 Å². The Morgan fingerprint density at radius 3 is 2.52 bits per heavy atom. The third-order valence-corrected chi connectivity index (χ3v) is 4.43. The Hall–Kier alpha value is -3.49. The van der Waals surface area contributed by atoms with E-state index in [2.05, 4.69) is 5.16 Å². The van der Waals surface area contributed by atoms with E-state index >= 15 is 0 Å². The van der Waals surface area contributed by atoms with Gasteiger partial charge in [-0.2, -0.15) is 8.78 Å². The second-order valence-corrected chi connectivity index (χ2v) is 6.54. The molecule has 9 heteroatoms. The molecule has 0 atom stereocenters. The number of phenolic OH excluding ortho intramolecular Hbond substituents is 1. The number of Topliss-reactive ketones (excluding diaryl/α,β-unsaturated/α-hetero) is 1. The van der Waals surface area contributed by atoms with Crippen molar-refractivity contribution in [2.24, 2.45) is 0 Å². The number of hydrogen-bond donors (Lipinski definition) is 2. The normalized spacial score (nSPS) is 11.6. The number of alkyl halides is 2. The molecule has 2 aromatic heterocycles. The number of carboxylic acids is 1. The van der Waals surface area contributed by atoms with Crippen LogP contribution in [0.25, 0.3) is 11.3 Å². The first-order valence-corrected chi connectivity index (χ1v) is 8.77. The maximum Gasteiger partial charge on any atom is 0.337 e. The van der Waals surface area contributed by atoms with E-state index in [4.69, 9.17) is 4.52 Å². The number of carbonyl (C=O) groups is 2. The fourth-order valence-corrected chi connectivity index (χ4v) is 2.86. The summed E-state index contributed by atoms with van der Waals surface area (Å²) >= 11 is 0. The average Bonchev–Trinajstić information content (AvgIpc) is 3.29. The van der Waals surface area contributed by atoms with Crippen LogP contribution in [0.1, 0.15) is 28.5 Å². The van der Waals surface area contributed by atoms with Gasteiger partial charge in [0.15, 0.2) is 5.76 Å². The van der Waals surface area contributed by atoms with Crippen molar-refractivity contribution in [2.75, 3.05) is 0 Å². The monoisotopic (exact) mass is 404 g/mol. The molecular formula is C20H18F2N2O5. The molecule has 0 unspecified atom stereocenters. The first-order valence-electron chi connectivity index (χ1n) is 8.77. The highest BCUT2D eigenvalue weighted by atomic mass is 19.3. The standard InChI is InChI=1S/C20H18F2N2O5/c1-2-24-10-13(16(11-24)19(27)28)7-18(26)20(21,22)9-14-8-17(29-23-14)12-3-5-15(25)6-4-12/h3-6,8,10-11,25H,2,7,9H2,1H3,(H,27,28). The lowest BCUT2D eigenvalue weighted by Gasteiger charge is -2.13. The number of aromatic hydroxyl groups is 1. The lowest BCUT2D eigenvalue weighted by molar-refractivity contribution is -0.142. The molecule has 152 valence electrons. The van der Waals surface area contributed by atoms with Crippen molar-refractivity contribution in [3.05, 3.63) is 59.5 Å². The van der Waals surface area contributed by atoms with E-state index in [-0.39, 0.29) is 28.3 Å². The smallest absolute Gasteiger partial charge is 0.337 e. The zero-order chi connectivity index (χ0) is 21.2. The van der Waals surface area contributed by atoms with Gasteiger partial charge in [0.25, 0.3) is 0 Å². The molecule has 0 radical (unpaired) electrons. The van der Waals surface area contributed by atoms with Crippen molar-refractivity contribution >= 4 is 11.8 Å². The van der Waals surface area contributed by atoms with Crippen LogP contribution in [0.5, 0.6) is 5.75 Å². The Morgan fingerprint density at radius 1 is 1.21 bits per heavy atom. The number of aromatic carboxylic acids is 1. The highest BCUT2D eigenvalue weighted by molar-refractivity contribution is 5.94. The van der Waals surface area contributed by atoms with Crippen LogP contribution in [0.4, 0.5) is 8.78 Å². The van der Waals surface area contributed by atoms with E-state index in [1.807, 2.05) is 0 Å². The number of nitrogens with zero attached hydrogens (tertiary/aromatic N) is 2. The molecule has 0 amide bonds. The highest BCUT2D eigenvalue weighted by Crippen LogP contribution is 2.27. The number of carboxylic acid groups (broad SMARTS) is 1. The van der Waals surface area contributed by atoms with Crippen LogP contribution in [0.3, 0.4) is 0 Å². The summed E-state index contributed by atoms with van der Waals surface area (Å²) in [6.07, 6.45) is 1.02. The second kappa shape index (κ2) is 7.86. The van der Waals surface area contributed by atoms with Crippen molar-refractivity contribution in [1.29, 1.82) is 0 Å². The number of halogens is 2. The molecular weight excluding hydrogens is 386 g/mol. The minimum absolute atomic E-state index is 0.0361. The van der Waals surface area contributed by atoms with Gasteiger partial charge in [0.1, 0.15) is 5.75 Å². The van der Waals surface area contributed by atoms with Crippen LogP contribution in [-0.4, -0.2) is 37.6 Å². The summed E-state index contributed by atoms with van der Waals surface area (Å²) in [5.41, 5.74) is 0.278. The van der Waals surface area contributed by atoms with Crippen LogP contribution < -0.4 is 0 Å². The molecule has 0 aliphatic rings. The molecule has 0 aliphatic heterocycles. The maximum absolute atomic E-state index is 14.5. The Labute approximate surface area is 164 Å². The van der Waals surface area contributed by atoms with Crippen molar-refractivity contribution in [3.8, 4) is 17.1 Å². The highest BCUT2D eigenvalue weighted by Gasteiger charge is 2.40. The summed E-state index contributed by atoms with van der Waals surface area (Å²) in [5, 5.41) is 22.1. The predicted octanol–water partition coefficient (Wildman–Crippen LogP) is 3.56. The maximum atomic E-state index is 14.5. The number of aromatic nitrogens is 2. The fraction of sp³-hybridized carbons (Fsp3) is 0.250. The molecule has 0 bridgehead atoms. The summed E-state index contributed by atoms with van der Waals surface area (Å²) in [7, 11) is 0. The third-order valence-electron chi connectivity index (χ3n) is 4.43. The summed E-state index contributed by atoms with van der Waals surface area (Å²) in [5.74, 6) is -6.16. The van der Waals surface area contributed by atoms with Gasteiger partial charge in [-0.3, -0.25) is 4.79 Å². The number of phenols is 1. The summed E-state index contributed by atoms with van der Waals surface area (Å²) < 4.78 is 35.5. The predicted molar refractivity (Wildman–Crippen MR) is 98.0 cm³/mol. The Balaban J connectivity index is 1.74. The summed E-state index contributed by atoms with van der Waals surface area (Å²) in [6, 6.07) is 7.20. The van der Waals surface area contributed by atoms with E-state index < -0.39 is 30.5 Å². The van der Waals surface area contributed by atoms with Crippen molar-refractivity contribution in [1.82, 2.24) is 9.72 Å². The number of benzene rings is 1. The molecule has 3 aromatic rings. The molecule has 29 heavy (non-hydrogen) atoms. The molecule has 0 spiro atoms. The molecule has 0 saturated heterocycles. The number of ketones is 1. The molecule has 0 fully saturated rings. The van der Waals surface area contributed by atoms with Gasteiger partial charge in [-0.25, -0.2) is 4.79 Å². The zero-order valence-corrected chi connectivity index (χ0v) is 15.4. The average molecular weight is 404 g/mol. The number of rotatable bonds is 8. The van der Waals surface area contributed by atoms with Crippen LogP contribution in [-0.2, 0) is 24.2 Å².